The van der Waals surface area contributed by atoms with E-state index < -0.39 is 0 Å². The van der Waals surface area contributed by atoms with Crippen LogP contribution < -0.4 is 0 Å². The molecule has 1 aromatic rings. The molecule has 0 bridgehead atoms. The van der Waals surface area contributed by atoms with Crippen molar-refractivity contribution in [2.75, 3.05) is 0 Å². The summed E-state index contributed by atoms with van der Waals surface area (Å²) in [5.74, 6) is 0.393. The van der Waals surface area contributed by atoms with Gasteiger partial charge in [-0.05, 0) is 36.5 Å². The van der Waals surface area contributed by atoms with E-state index >= 15 is 0 Å². The number of hydrogen-bond donors (Lipinski definition) is 0. The summed E-state index contributed by atoms with van der Waals surface area (Å²) in [6.07, 6.45) is 4.81. The number of hydrogen-bond acceptors (Lipinski definition) is 0. The molecule has 1 heteroatoms. The van der Waals surface area contributed by atoms with E-state index in [4.69, 9.17) is 0 Å². The van der Waals surface area contributed by atoms with Crippen molar-refractivity contribution in [3.05, 3.63) is 35.6 Å². The van der Waals surface area contributed by atoms with Crippen molar-refractivity contribution in [1.29, 1.82) is 0 Å². The summed E-state index contributed by atoms with van der Waals surface area (Å²) in [5, 5.41) is 0. The molecule has 1 fully saturated rings. The van der Waals surface area contributed by atoms with Crippen molar-refractivity contribution in [2.45, 2.75) is 31.6 Å². The van der Waals surface area contributed by atoms with E-state index in [0.29, 0.717) is 5.92 Å². The zero-order chi connectivity index (χ0) is 8.39. The van der Waals surface area contributed by atoms with Crippen LogP contribution in [-0.2, 0) is 0 Å². The lowest BCUT2D eigenvalue weighted by molar-refractivity contribution is 0.580. The van der Waals surface area contributed by atoms with Gasteiger partial charge in [0, 0.05) is 0 Å². The van der Waals surface area contributed by atoms with Crippen LogP contribution in [0.4, 0.5) is 4.39 Å². The summed E-state index contributed by atoms with van der Waals surface area (Å²) in [6.45, 7) is 0. The monoisotopic (exact) mass is 163 g/mol. The molecule has 12 heavy (non-hydrogen) atoms. The van der Waals surface area contributed by atoms with E-state index in [-0.39, 0.29) is 5.82 Å². The molecule has 1 radical (unpaired) electrons. The zero-order valence-electron chi connectivity index (χ0n) is 7.02. The molecule has 0 heterocycles. The molecule has 0 aromatic heterocycles. The Labute approximate surface area is 72.4 Å². The lowest BCUT2D eigenvalue weighted by Crippen LogP contribution is -1.95. The van der Waals surface area contributed by atoms with Crippen LogP contribution in [0.3, 0.4) is 0 Å². The van der Waals surface area contributed by atoms with Crippen molar-refractivity contribution < 1.29 is 4.39 Å². The predicted molar refractivity (Wildman–Crippen MR) is 46.4 cm³/mol. The summed E-state index contributed by atoms with van der Waals surface area (Å²) >= 11 is 0. The van der Waals surface area contributed by atoms with Gasteiger partial charge in [0.2, 0.25) is 0 Å². The van der Waals surface area contributed by atoms with Gasteiger partial charge in [-0.2, -0.15) is 0 Å². The maximum Gasteiger partial charge on any atom is 0.127 e. The maximum absolute atomic E-state index is 13.2. The quantitative estimate of drug-likeness (QED) is 0.596. The third-order valence-corrected chi connectivity index (χ3v) is 2.64. The topological polar surface area (TPSA) is 0 Å². The van der Waals surface area contributed by atoms with Gasteiger partial charge in [0.05, 0.1) is 0 Å². The molecule has 63 valence electrons. The highest BCUT2D eigenvalue weighted by atomic mass is 19.1. The largest absolute Gasteiger partial charge is 0.207 e. The van der Waals surface area contributed by atoms with Crippen molar-refractivity contribution >= 4 is 0 Å². The average Bonchev–Trinajstić information content (AvgIpc) is 2.57. The van der Waals surface area contributed by atoms with Crippen LogP contribution >= 0.6 is 0 Å². The molecule has 0 aliphatic heterocycles. The third kappa shape index (κ3) is 1.36. The zero-order valence-corrected chi connectivity index (χ0v) is 7.02. The second kappa shape index (κ2) is 3.26. The molecule has 0 amide bonds. The first-order valence-corrected chi connectivity index (χ1v) is 4.53. The van der Waals surface area contributed by atoms with Gasteiger partial charge in [0.25, 0.3) is 0 Å². The highest BCUT2D eigenvalue weighted by molar-refractivity contribution is 5.21. The van der Waals surface area contributed by atoms with Gasteiger partial charge < -0.3 is 0 Å². The van der Waals surface area contributed by atoms with Crippen molar-refractivity contribution in [3.8, 4) is 0 Å². The van der Waals surface area contributed by atoms with E-state index in [1.807, 2.05) is 6.07 Å². The molecule has 0 unspecified atom stereocenters. The van der Waals surface area contributed by atoms with Gasteiger partial charge in [0.1, 0.15) is 5.82 Å². The lowest BCUT2D eigenvalue weighted by atomic mass is 9.97. The second-order valence-electron chi connectivity index (χ2n) is 3.43. The van der Waals surface area contributed by atoms with Gasteiger partial charge in [-0.1, -0.05) is 25.0 Å². The highest BCUT2D eigenvalue weighted by Gasteiger charge is 2.19. The standard InChI is InChI=1S/C11H12F/c12-11-8-4-3-7-10(11)9-5-1-2-6-9/h3,7-9H,1-2,5-6H2. The first kappa shape index (κ1) is 7.78. The van der Waals surface area contributed by atoms with E-state index in [2.05, 4.69) is 6.07 Å². The Morgan fingerprint density at radius 2 is 2.08 bits per heavy atom. The average molecular weight is 163 g/mol. The highest BCUT2D eigenvalue weighted by Crippen LogP contribution is 2.34. The molecule has 1 aliphatic carbocycles. The Kier molecular flexibility index (Phi) is 2.11. The van der Waals surface area contributed by atoms with Crippen LogP contribution in [0.2, 0.25) is 0 Å². The molecule has 1 saturated carbocycles. The van der Waals surface area contributed by atoms with Crippen LogP contribution in [0.25, 0.3) is 0 Å². The number of halogens is 1. The fraction of sp³-hybridized carbons (Fsp3) is 0.455. The van der Waals surface area contributed by atoms with Gasteiger partial charge >= 0.3 is 0 Å². The van der Waals surface area contributed by atoms with Crippen molar-refractivity contribution in [2.24, 2.45) is 0 Å². The third-order valence-electron chi connectivity index (χ3n) is 2.64. The van der Waals surface area contributed by atoms with E-state index in [0.717, 1.165) is 18.4 Å². The summed E-state index contributed by atoms with van der Waals surface area (Å²) in [5.41, 5.74) is 0.895. The molecule has 0 atom stereocenters. The normalized spacial score (nSPS) is 18.4. The molecule has 0 spiro atoms. The van der Waals surface area contributed by atoms with Gasteiger partial charge in [0.15, 0.2) is 0 Å². The molecule has 0 saturated heterocycles. The summed E-state index contributed by atoms with van der Waals surface area (Å²) in [4.78, 5) is 0. The van der Waals surface area contributed by atoms with Crippen molar-refractivity contribution in [3.63, 3.8) is 0 Å². The molecule has 1 aromatic carbocycles. The second-order valence-corrected chi connectivity index (χ2v) is 3.43. The number of benzene rings is 1. The minimum Gasteiger partial charge on any atom is -0.207 e. The molecular formula is C11H12F. The molecule has 2 rings (SSSR count). The molecular weight excluding hydrogens is 151 g/mol. The molecule has 1 aliphatic rings. The summed E-state index contributed by atoms with van der Waals surface area (Å²) < 4.78 is 13.2. The van der Waals surface area contributed by atoms with Gasteiger partial charge in [-0.25, -0.2) is 4.39 Å². The summed E-state index contributed by atoms with van der Waals surface area (Å²) in [6, 6.07) is 7.86. The number of rotatable bonds is 1. The molecule has 0 nitrogen and oxygen atoms in total. The van der Waals surface area contributed by atoms with Crippen LogP contribution in [0.15, 0.2) is 18.2 Å². The van der Waals surface area contributed by atoms with Crippen LogP contribution in [0.5, 0.6) is 0 Å². The fourth-order valence-electron chi connectivity index (χ4n) is 1.99. The Balaban J connectivity index is 2.26. The maximum atomic E-state index is 13.2. The minimum atomic E-state index is -0.0793. The van der Waals surface area contributed by atoms with Crippen molar-refractivity contribution in [1.82, 2.24) is 0 Å². The van der Waals surface area contributed by atoms with Gasteiger partial charge in [-0.15, -0.1) is 0 Å². The SMILES string of the molecule is Fc1c[c]ccc1C1CCCC1. The first-order valence-electron chi connectivity index (χ1n) is 4.53. The minimum absolute atomic E-state index is 0.0793. The Bertz CT molecular complexity index is 261. The van der Waals surface area contributed by atoms with E-state index in [1.165, 1.54) is 18.9 Å². The lowest BCUT2D eigenvalue weighted by Gasteiger charge is -2.09. The Morgan fingerprint density at radius 1 is 1.33 bits per heavy atom. The Morgan fingerprint density at radius 3 is 2.75 bits per heavy atom. The molecule has 0 N–H and O–H groups in total. The summed E-state index contributed by atoms with van der Waals surface area (Å²) in [7, 11) is 0. The Hall–Kier alpha value is -0.850. The first-order chi connectivity index (χ1) is 5.88. The predicted octanol–water partition coefficient (Wildman–Crippen LogP) is 3.28. The van der Waals surface area contributed by atoms with E-state index in [9.17, 15) is 4.39 Å². The van der Waals surface area contributed by atoms with E-state index in [1.54, 1.807) is 6.07 Å². The van der Waals surface area contributed by atoms with Gasteiger partial charge in [-0.3, -0.25) is 0 Å². The fourth-order valence-corrected chi connectivity index (χ4v) is 1.99. The smallest absolute Gasteiger partial charge is 0.127 e. The van der Waals surface area contributed by atoms with Crippen LogP contribution in [-0.4, -0.2) is 0 Å². The van der Waals surface area contributed by atoms with Crippen LogP contribution in [0, 0.1) is 11.9 Å². The van der Waals surface area contributed by atoms with Crippen LogP contribution in [0.1, 0.15) is 37.2 Å².